The van der Waals surface area contributed by atoms with Gasteiger partial charge in [-0.05, 0) is 61.5 Å². The van der Waals surface area contributed by atoms with Gasteiger partial charge in [0.1, 0.15) is 11.5 Å². The molecule has 0 fully saturated rings. The number of aromatic amines is 1. The Labute approximate surface area is 175 Å². The van der Waals surface area contributed by atoms with E-state index < -0.39 is 12.6 Å². The number of rotatable bonds is 7. The molecule has 0 aliphatic heterocycles. The number of H-pyrrole nitrogens is 1. The summed E-state index contributed by atoms with van der Waals surface area (Å²) < 4.78 is 34.5. The van der Waals surface area contributed by atoms with E-state index in [1.54, 1.807) is 24.3 Å². The Morgan fingerprint density at radius 3 is 2.32 bits per heavy atom. The van der Waals surface area contributed by atoms with Crippen LogP contribution in [0.3, 0.4) is 0 Å². The lowest BCUT2D eigenvalue weighted by atomic mass is 10.0. The topological polar surface area (TPSA) is 97.3 Å². The molecule has 2 aromatic carbocycles. The molecule has 31 heavy (non-hydrogen) atoms. The normalized spacial score (nSPS) is 11.1. The molecule has 0 radical (unpaired) electrons. The Balaban J connectivity index is 1.77. The molecular formula is C22H17F2N3O4. The van der Waals surface area contributed by atoms with Crippen molar-refractivity contribution in [1.29, 1.82) is 0 Å². The predicted octanol–water partition coefficient (Wildman–Crippen LogP) is 4.99. The molecule has 0 aliphatic rings. The highest BCUT2D eigenvalue weighted by atomic mass is 19.3. The van der Waals surface area contributed by atoms with Crippen LogP contribution in [0.25, 0.3) is 33.5 Å². The van der Waals surface area contributed by atoms with Crippen LogP contribution in [0.4, 0.5) is 8.78 Å². The molecule has 4 rings (SSSR count). The second kappa shape index (κ2) is 8.39. The minimum Gasteiger partial charge on any atom is -0.494 e. The first-order valence-corrected chi connectivity index (χ1v) is 9.37. The van der Waals surface area contributed by atoms with Gasteiger partial charge in [0.15, 0.2) is 5.65 Å². The van der Waals surface area contributed by atoms with E-state index >= 15 is 0 Å². The SMILES string of the molecule is CCOc1ccc(-c2[nH]nc3nc(-c4ccc(OC(F)F)cc4)cc(C(=O)O)c23)cc1. The molecule has 0 amide bonds. The Morgan fingerprint density at radius 2 is 1.71 bits per heavy atom. The number of carbonyl (C=O) groups is 1. The van der Waals surface area contributed by atoms with Gasteiger partial charge in [-0.3, -0.25) is 5.10 Å². The van der Waals surface area contributed by atoms with Crippen LogP contribution in [-0.4, -0.2) is 39.5 Å². The summed E-state index contributed by atoms with van der Waals surface area (Å²) in [7, 11) is 0. The van der Waals surface area contributed by atoms with Crippen LogP contribution in [0, 0.1) is 0 Å². The van der Waals surface area contributed by atoms with Gasteiger partial charge in [0.05, 0.1) is 28.9 Å². The molecule has 2 N–H and O–H groups in total. The third kappa shape index (κ3) is 4.16. The van der Waals surface area contributed by atoms with Crippen molar-refractivity contribution in [2.75, 3.05) is 6.61 Å². The van der Waals surface area contributed by atoms with Crippen molar-refractivity contribution in [2.45, 2.75) is 13.5 Å². The van der Waals surface area contributed by atoms with E-state index in [2.05, 4.69) is 19.9 Å². The summed E-state index contributed by atoms with van der Waals surface area (Å²) in [4.78, 5) is 16.5. The van der Waals surface area contributed by atoms with Gasteiger partial charge in [-0.15, -0.1) is 0 Å². The molecular weight excluding hydrogens is 408 g/mol. The van der Waals surface area contributed by atoms with Crippen molar-refractivity contribution in [3.8, 4) is 34.0 Å². The molecule has 0 saturated carbocycles. The number of halogens is 2. The number of benzene rings is 2. The summed E-state index contributed by atoms with van der Waals surface area (Å²) in [5.74, 6) is -0.441. The van der Waals surface area contributed by atoms with Crippen LogP contribution in [0.5, 0.6) is 11.5 Å². The van der Waals surface area contributed by atoms with Crippen LogP contribution in [0.15, 0.2) is 54.6 Å². The summed E-state index contributed by atoms with van der Waals surface area (Å²) in [5.41, 5.74) is 2.39. The van der Waals surface area contributed by atoms with E-state index in [-0.39, 0.29) is 17.0 Å². The van der Waals surface area contributed by atoms with Crippen LogP contribution in [0.1, 0.15) is 17.3 Å². The number of nitrogens with zero attached hydrogens (tertiary/aromatic N) is 2. The number of hydrogen-bond acceptors (Lipinski definition) is 5. The Kier molecular flexibility index (Phi) is 5.48. The van der Waals surface area contributed by atoms with Gasteiger partial charge in [0, 0.05) is 11.1 Å². The molecule has 9 heteroatoms. The van der Waals surface area contributed by atoms with Gasteiger partial charge in [-0.2, -0.15) is 13.9 Å². The van der Waals surface area contributed by atoms with E-state index in [0.717, 1.165) is 5.56 Å². The molecule has 4 aromatic rings. The number of alkyl halides is 2. The second-order valence-corrected chi connectivity index (χ2v) is 6.52. The van der Waals surface area contributed by atoms with Gasteiger partial charge < -0.3 is 14.6 Å². The largest absolute Gasteiger partial charge is 0.494 e. The number of pyridine rings is 1. The first kappa shape index (κ1) is 20.3. The van der Waals surface area contributed by atoms with E-state index in [9.17, 15) is 18.7 Å². The maximum Gasteiger partial charge on any atom is 0.387 e. The zero-order valence-corrected chi connectivity index (χ0v) is 16.3. The van der Waals surface area contributed by atoms with Crippen molar-refractivity contribution in [1.82, 2.24) is 15.2 Å². The van der Waals surface area contributed by atoms with Crippen molar-refractivity contribution >= 4 is 17.0 Å². The highest BCUT2D eigenvalue weighted by Gasteiger charge is 2.20. The third-order valence-electron chi connectivity index (χ3n) is 4.58. The van der Waals surface area contributed by atoms with E-state index in [1.165, 1.54) is 30.3 Å². The van der Waals surface area contributed by atoms with Crippen LogP contribution in [-0.2, 0) is 0 Å². The summed E-state index contributed by atoms with van der Waals surface area (Å²) in [6.07, 6.45) is 0. The maximum atomic E-state index is 12.3. The lowest BCUT2D eigenvalue weighted by molar-refractivity contribution is -0.0498. The third-order valence-corrected chi connectivity index (χ3v) is 4.58. The van der Waals surface area contributed by atoms with Gasteiger partial charge in [-0.25, -0.2) is 9.78 Å². The highest BCUT2D eigenvalue weighted by Crippen LogP contribution is 2.32. The predicted molar refractivity (Wildman–Crippen MR) is 110 cm³/mol. The van der Waals surface area contributed by atoms with E-state index in [1.807, 2.05) is 6.92 Å². The first-order chi connectivity index (χ1) is 15.0. The fourth-order valence-corrected chi connectivity index (χ4v) is 3.24. The number of fused-ring (bicyclic) bond motifs is 1. The quantitative estimate of drug-likeness (QED) is 0.433. The van der Waals surface area contributed by atoms with Crippen molar-refractivity contribution in [3.05, 3.63) is 60.2 Å². The molecule has 0 aliphatic carbocycles. The molecule has 0 bridgehead atoms. The second-order valence-electron chi connectivity index (χ2n) is 6.52. The van der Waals surface area contributed by atoms with Crippen molar-refractivity contribution in [3.63, 3.8) is 0 Å². The molecule has 0 unspecified atom stereocenters. The summed E-state index contributed by atoms with van der Waals surface area (Å²) >= 11 is 0. The van der Waals surface area contributed by atoms with Crippen LogP contribution >= 0.6 is 0 Å². The molecule has 0 spiro atoms. The molecule has 0 saturated heterocycles. The number of aromatic carboxylic acids is 1. The number of hydrogen-bond donors (Lipinski definition) is 2. The zero-order chi connectivity index (χ0) is 22.0. The minimum absolute atomic E-state index is 0.00385. The monoisotopic (exact) mass is 425 g/mol. The average Bonchev–Trinajstić information content (AvgIpc) is 3.18. The van der Waals surface area contributed by atoms with E-state index in [4.69, 9.17) is 4.74 Å². The van der Waals surface area contributed by atoms with Gasteiger partial charge in [-0.1, -0.05) is 0 Å². The zero-order valence-electron chi connectivity index (χ0n) is 16.3. The van der Waals surface area contributed by atoms with Crippen molar-refractivity contribution < 1.29 is 28.2 Å². The molecule has 2 aromatic heterocycles. The minimum atomic E-state index is -2.93. The van der Waals surface area contributed by atoms with Gasteiger partial charge in [0.2, 0.25) is 0 Å². The number of ether oxygens (including phenoxy) is 2. The Bertz CT molecular complexity index is 1220. The standard InChI is InChI=1S/C22H17F2N3O4/c1-2-30-14-7-5-13(6-8-14)19-18-16(21(28)29)11-17(25-20(18)27-26-19)12-3-9-15(10-4-12)31-22(23)24/h3-11,22H,2H2,1H3,(H,28,29)(H,25,26,27). The van der Waals surface area contributed by atoms with Crippen LogP contribution < -0.4 is 9.47 Å². The smallest absolute Gasteiger partial charge is 0.387 e. The number of nitrogens with one attached hydrogen (secondary N) is 1. The number of aromatic nitrogens is 3. The Morgan fingerprint density at radius 1 is 1.06 bits per heavy atom. The van der Waals surface area contributed by atoms with Gasteiger partial charge >= 0.3 is 12.6 Å². The molecule has 158 valence electrons. The summed E-state index contributed by atoms with van der Waals surface area (Å²) in [6.45, 7) is -0.501. The molecule has 2 heterocycles. The lowest BCUT2D eigenvalue weighted by Gasteiger charge is -2.08. The molecule has 7 nitrogen and oxygen atoms in total. The average molecular weight is 425 g/mol. The first-order valence-electron chi connectivity index (χ1n) is 9.37. The summed E-state index contributed by atoms with van der Waals surface area (Å²) in [6, 6.07) is 14.4. The van der Waals surface area contributed by atoms with Crippen molar-refractivity contribution in [2.24, 2.45) is 0 Å². The van der Waals surface area contributed by atoms with Gasteiger partial charge in [0.25, 0.3) is 0 Å². The fourth-order valence-electron chi connectivity index (χ4n) is 3.24. The number of carboxylic acids is 1. The fraction of sp³-hybridized carbons (Fsp3) is 0.136. The van der Waals surface area contributed by atoms with Crippen LogP contribution in [0.2, 0.25) is 0 Å². The van der Waals surface area contributed by atoms with E-state index in [0.29, 0.717) is 34.7 Å². The maximum absolute atomic E-state index is 12.3. The molecule has 0 atom stereocenters. The number of carboxylic acid groups (broad SMARTS) is 1. The lowest BCUT2D eigenvalue weighted by Crippen LogP contribution is -2.02. The summed E-state index contributed by atoms with van der Waals surface area (Å²) in [5, 5.41) is 17.2. The Hall–Kier alpha value is -4.01. The highest BCUT2D eigenvalue weighted by molar-refractivity contribution is 6.08.